The van der Waals surface area contributed by atoms with Crippen LogP contribution in [0.3, 0.4) is 0 Å². The predicted molar refractivity (Wildman–Crippen MR) is 143 cm³/mol. The van der Waals surface area contributed by atoms with Crippen LogP contribution in [0, 0.1) is 5.82 Å². The average molecular weight is 534 g/mol. The van der Waals surface area contributed by atoms with Crippen LogP contribution in [0.15, 0.2) is 42.5 Å². The van der Waals surface area contributed by atoms with Crippen LogP contribution >= 0.6 is 0 Å². The molecule has 0 N–H and O–H groups in total. The Morgan fingerprint density at radius 3 is 2.21 bits per heavy atom. The molecule has 0 aliphatic carbocycles. The molecule has 3 aromatic carbocycles. The largest absolute Gasteiger partial charge is 0.497 e. The summed E-state index contributed by atoms with van der Waals surface area (Å²) in [4.78, 5) is 24.9. The standard InChI is InChI=1S/C29H28FN3O6/c1-35-19-10-17-15-33(9-8-20(17)23(14-19)36-2)29(34)26-21-13-18(30)6-7-22(21)31-28(32-26)16-11-24(37-3)27(39-5)25(12-16)38-4/h6-7,10-14H,8-9,15H2,1-5H3. The summed E-state index contributed by atoms with van der Waals surface area (Å²) in [5.41, 5.74) is 3.02. The maximum Gasteiger partial charge on any atom is 0.273 e. The Morgan fingerprint density at radius 1 is 0.846 bits per heavy atom. The van der Waals surface area contributed by atoms with E-state index in [1.54, 1.807) is 31.3 Å². The van der Waals surface area contributed by atoms with E-state index in [1.807, 2.05) is 12.1 Å². The first-order valence-corrected chi connectivity index (χ1v) is 12.2. The molecule has 2 heterocycles. The molecule has 0 radical (unpaired) electrons. The van der Waals surface area contributed by atoms with Crippen LogP contribution in [0.25, 0.3) is 22.3 Å². The summed E-state index contributed by atoms with van der Waals surface area (Å²) in [5.74, 6) is 2.04. The molecule has 10 heteroatoms. The molecule has 1 aliphatic rings. The van der Waals surface area contributed by atoms with Crippen LogP contribution in [-0.4, -0.2) is 62.9 Å². The van der Waals surface area contributed by atoms with Crippen molar-refractivity contribution in [2.45, 2.75) is 13.0 Å². The maximum atomic E-state index is 14.3. The molecule has 0 unspecified atom stereocenters. The molecule has 202 valence electrons. The Kier molecular flexibility index (Phi) is 7.10. The second-order valence-corrected chi connectivity index (χ2v) is 8.92. The molecule has 0 fully saturated rings. The SMILES string of the molecule is COc1cc2c(c(OC)c1)CCN(C(=O)c1nc(-c3cc(OC)c(OC)c(OC)c3)nc3ccc(F)cc13)C2. The van der Waals surface area contributed by atoms with Crippen molar-refractivity contribution in [1.29, 1.82) is 0 Å². The summed E-state index contributed by atoms with van der Waals surface area (Å²) in [6.07, 6.45) is 0.589. The molecule has 0 saturated carbocycles. The second-order valence-electron chi connectivity index (χ2n) is 8.92. The molecule has 5 rings (SSSR count). The Morgan fingerprint density at radius 2 is 1.56 bits per heavy atom. The number of nitrogens with zero attached hydrogens (tertiary/aromatic N) is 3. The van der Waals surface area contributed by atoms with E-state index in [0.29, 0.717) is 59.0 Å². The number of rotatable bonds is 7. The van der Waals surface area contributed by atoms with Gasteiger partial charge in [-0.15, -0.1) is 0 Å². The number of methoxy groups -OCH3 is 5. The van der Waals surface area contributed by atoms with Crippen LogP contribution in [0.4, 0.5) is 4.39 Å². The van der Waals surface area contributed by atoms with E-state index in [1.165, 1.54) is 39.5 Å². The molecule has 39 heavy (non-hydrogen) atoms. The number of halogens is 1. The summed E-state index contributed by atoms with van der Waals surface area (Å²) in [5, 5.41) is 0.324. The van der Waals surface area contributed by atoms with Crippen LogP contribution in [0.5, 0.6) is 28.7 Å². The number of hydrogen-bond donors (Lipinski definition) is 0. The molecular formula is C29H28FN3O6. The van der Waals surface area contributed by atoms with Crippen LogP contribution in [0.2, 0.25) is 0 Å². The van der Waals surface area contributed by atoms with Gasteiger partial charge in [0, 0.05) is 35.7 Å². The van der Waals surface area contributed by atoms with Gasteiger partial charge in [0.25, 0.3) is 5.91 Å². The first-order chi connectivity index (χ1) is 18.9. The maximum absolute atomic E-state index is 14.3. The Bertz CT molecular complexity index is 1550. The minimum Gasteiger partial charge on any atom is -0.497 e. The number of aromatic nitrogens is 2. The topological polar surface area (TPSA) is 92.2 Å². The van der Waals surface area contributed by atoms with Crippen molar-refractivity contribution in [2.24, 2.45) is 0 Å². The zero-order valence-electron chi connectivity index (χ0n) is 22.3. The van der Waals surface area contributed by atoms with Gasteiger partial charge in [-0.05, 0) is 48.4 Å². The fourth-order valence-electron chi connectivity index (χ4n) is 4.86. The van der Waals surface area contributed by atoms with Gasteiger partial charge in [-0.2, -0.15) is 0 Å². The van der Waals surface area contributed by atoms with Gasteiger partial charge in [0.2, 0.25) is 5.75 Å². The van der Waals surface area contributed by atoms with Crippen molar-refractivity contribution in [1.82, 2.24) is 14.9 Å². The van der Waals surface area contributed by atoms with Crippen LogP contribution in [0.1, 0.15) is 21.6 Å². The number of fused-ring (bicyclic) bond motifs is 2. The average Bonchev–Trinajstić information content (AvgIpc) is 2.98. The van der Waals surface area contributed by atoms with Crippen molar-refractivity contribution in [3.63, 3.8) is 0 Å². The highest BCUT2D eigenvalue weighted by atomic mass is 19.1. The van der Waals surface area contributed by atoms with Crippen molar-refractivity contribution < 1.29 is 32.9 Å². The lowest BCUT2D eigenvalue weighted by atomic mass is 9.97. The first kappa shape index (κ1) is 26.0. The van der Waals surface area contributed by atoms with E-state index in [2.05, 4.69) is 9.97 Å². The van der Waals surface area contributed by atoms with Gasteiger partial charge in [-0.1, -0.05) is 0 Å². The normalized spacial score (nSPS) is 12.6. The molecule has 4 aromatic rings. The molecular weight excluding hydrogens is 505 g/mol. The summed E-state index contributed by atoms with van der Waals surface area (Å²) in [6, 6.07) is 11.3. The van der Waals surface area contributed by atoms with Gasteiger partial charge in [0.15, 0.2) is 17.3 Å². The van der Waals surface area contributed by atoms with E-state index in [-0.39, 0.29) is 17.4 Å². The van der Waals surface area contributed by atoms with Crippen molar-refractivity contribution >= 4 is 16.8 Å². The monoisotopic (exact) mass is 533 g/mol. The molecule has 1 aromatic heterocycles. The fraction of sp³-hybridized carbons (Fsp3) is 0.276. The number of carbonyl (C=O) groups excluding carboxylic acids is 1. The number of benzene rings is 3. The van der Waals surface area contributed by atoms with Gasteiger partial charge >= 0.3 is 0 Å². The summed E-state index contributed by atoms with van der Waals surface area (Å²) >= 11 is 0. The molecule has 1 aliphatic heterocycles. The van der Waals surface area contributed by atoms with E-state index >= 15 is 0 Å². The number of hydrogen-bond acceptors (Lipinski definition) is 8. The van der Waals surface area contributed by atoms with E-state index in [4.69, 9.17) is 23.7 Å². The fourth-order valence-corrected chi connectivity index (χ4v) is 4.86. The lowest BCUT2D eigenvalue weighted by Crippen LogP contribution is -2.36. The molecule has 9 nitrogen and oxygen atoms in total. The highest BCUT2D eigenvalue weighted by Gasteiger charge is 2.28. The molecule has 0 spiro atoms. The van der Waals surface area contributed by atoms with Gasteiger partial charge in [-0.25, -0.2) is 14.4 Å². The molecule has 0 bridgehead atoms. The van der Waals surface area contributed by atoms with Crippen molar-refractivity contribution in [3.8, 4) is 40.1 Å². The lowest BCUT2D eigenvalue weighted by Gasteiger charge is -2.30. The van der Waals surface area contributed by atoms with E-state index in [0.717, 1.165) is 16.9 Å². The number of amides is 1. The number of ether oxygens (including phenoxy) is 5. The Labute approximate surface area is 225 Å². The summed E-state index contributed by atoms with van der Waals surface area (Å²) in [6.45, 7) is 0.761. The van der Waals surface area contributed by atoms with Gasteiger partial charge in [0.05, 0.1) is 41.1 Å². The predicted octanol–water partition coefficient (Wildman–Crippen LogP) is 4.68. The third-order valence-corrected chi connectivity index (χ3v) is 6.79. The molecule has 0 atom stereocenters. The summed E-state index contributed by atoms with van der Waals surface area (Å²) < 4.78 is 41.7. The van der Waals surface area contributed by atoms with Crippen molar-refractivity contribution in [3.05, 3.63) is 65.1 Å². The van der Waals surface area contributed by atoms with Gasteiger partial charge < -0.3 is 28.6 Å². The third-order valence-electron chi connectivity index (χ3n) is 6.79. The zero-order valence-corrected chi connectivity index (χ0v) is 22.3. The lowest BCUT2D eigenvalue weighted by molar-refractivity contribution is 0.0730. The van der Waals surface area contributed by atoms with Crippen LogP contribution < -0.4 is 23.7 Å². The highest BCUT2D eigenvalue weighted by Crippen LogP contribution is 2.41. The first-order valence-electron chi connectivity index (χ1n) is 12.2. The van der Waals surface area contributed by atoms with E-state index < -0.39 is 5.82 Å². The number of carbonyl (C=O) groups is 1. The Hall–Kier alpha value is -4.60. The minimum atomic E-state index is -0.487. The third kappa shape index (κ3) is 4.73. The van der Waals surface area contributed by atoms with Crippen molar-refractivity contribution in [2.75, 3.05) is 42.1 Å². The molecule has 0 saturated heterocycles. The smallest absolute Gasteiger partial charge is 0.273 e. The van der Waals surface area contributed by atoms with Gasteiger partial charge in [-0.3, -0.25) is 4.79 Å². The zero-order chi connectivity index (χ0) is 27.7. The van der Waals surface area contributed by atoms with Gasteiger partial charge in [0.1, 0.15) is 23.0 Å². The summed E-state index contributed by atoms with van der Waals surface area (Å²) in [7, 11) is 7.73. The quantitative estimate of drug-likeness (QED) is 0.338. The minimum absolute atomic E-state index is 0.0987. The molecule has 1 amide bonds. The van der Waals surface area contributed by atoms with E-state index in [9.17, 15) is 9.18 Å². The highest BCUT2D eigenvalue weighted by molar-refractivity contribution is 6.05. The Balaban J connectivity index is 1.61. The van der Waals surface area contributed by atoms with Crippen LogP contribution in [-0.2, 0) is 13.0 Å². The second kappa shape index (κ2) is 10.6.